The van der Waals surface area contributed by atoms with Crippen LogP contribution in [0.4, 0.5) is 13.2 Å². The fraction of sp³-hybridized carbons (Fsp3) is 0.579. The smallest absolute Gasteiger partial charge is 0.343 e. The number of rotatable bonds is 4. The summed E-state index contributed by atoms with van der Waals surface area (Å²) in [5, 5.41) is -0.380. The first-order chi connectivity index (χ1) is 12.8. The normalized spacial score (nSPS) is 21.8. The lowest BCUT2D eigenvalue weighted by molar-refractivity contribution is -0.137. The van der Waals surface area contributed by atoms with Crippen molar-refractivity contribution in [3.05, 3.63) is 35.4 Å². The van der Waals surface area contributed by atoms with E-state index in [9.17, 15) is 22.8 Å². The Morgan fingerprint density at radius 2 is 1.96 bits per heavy atom. The Morgan fingerprint density at radius 1 is 1.26 bits per heavy atom. The van der Waals surface area contributed by atoms with Crippen molar-refractivity contribution in [3.8, 4) is 0 Å². The molecule has 1 aromatic rings. The third kappa shape index (κ3) is 4.59. The van der Waals surface area contributed by atoms with Gasteiger partial charge in [0.2, 0.25) is 11.8 Å². The van der Waals surface area contributed by atoms with E-state index in [2.05, 4.69) is 0 Å². The first kappa shape index (κ1) is 20.0. The average Bonchev–Trinajstić information content (AvgIpc) is 3.01. The highest BCUT2D eigenvalue weighted by Crippen LogP contribution is 2.41. The minimum Gasteiger partial charge on any atom is -0.343 e. The minimum absolute atomic E-state index is 0.0329. The van der Waals surface area contributed by atoms with Crippen LogP contribution in [-0.4, -0.2) is 47.0 Å². The maximum atomic E-state index is 13.0. The fourth-order valence-electron chi connectivity index (χ4n) is 3.66. The number of halogens is 3. The number of carbonyl (C=O) groups excluding carboxylic acids is 2. The Labute approximate surface area is 161 Å². The molecule has 0 spiro atoms. The summed E-state index contributed by atoms with van der Waals surface area (Å²) >= 11 is 1.37. The molecule has 0 radical (unpaired) electrons. The summed E-state index contributed by atoms with van der Waals surface area (Å²) < 4.78 is 39.0. The van der Waals surface area contributed by atoms with Crippen LogP contribution in [0.1, 0.15) is 42.7 Å². The van der Waals surface area contributed by atoms with Gasteiger partial charge >= 0.3 is 6.18 Å². The monoisotopic (exact) mass is 400 g/mol. The number of benzene rings is 1. The summed E-state index contributed by atoms with van der Waals surface area (Å²) in [5.41, 5.74) is -0.175. The van der Waals surface area contributed by atoms with Crippen LogP contribution in [0.5, 0.6) is 0 Å². The molecule has 0 bridgehead atoms. The lowest BCUT2D eigenvalue weighted by Crippen LogP contribution is -2.42. The van der Waals surface area contributed by atoms with E-state index in [0.29, 0.717) is 31.6 Å². The van der Waals surface area contributed by atoms with Gasteiger partial charge in [0, 0.05) is 26.1 Å². The number of carbonyl (C=O) groups is 2. The zero-order valence-electron chi connectivity index (χ0n) is 15.2. The Kier molecular flexibility index (Phi) is 6.03. The van der Waals surface area contributed by atoms with Gasteiger partial charge in [0.15, 0.2) is 0 Å². The molecule has 1 aromatic carbocycles. The van der Waals surface area contributed by atoms with Crippen molar-refractivity contribution in [3.63, 3.8) is 0 Å². The average molecular weight is 400 g/mol. The standard InChI is InChI=1S/C19H23F3N2O2S/c1-2-16(25)23-8-6-13(7-9-23)11-24-17(26)12-27-18(24)14-4-3-5-15(10-14)19(20,21)22/h3-5,10,13,18H,2,6-9,11-12H2,1H3/t18-/m0/s1. The molecule has 0 aromatic heterocycles. The van der Waals surface area contributed by atoms with Crippen molar-refractivity contribution in [1.82, 2.24) is 9.80 Å². The molecular weight excluding hydrogens is 377 g/mol. The van der Waals surface area contributed by atoms with Gasteiger partial charge in [-0.25, -0.2) is 0 Å². The summed E-state index contributed by atoms with van der Waals surface area (Å²) in [6, 6.07) is 5.25. The highest BCUT2D eigenvalue weighted by atomic mass is 32.2. The summed E-state index contributed by atoms with van der Waals surface area (Å²) in [7, 11) is 0. The molecule has 0 aliphatic carbocycles. The van der Waals surface area contributed by atoms with Crippen molar-refractivity contribution in [2.75, 3.05) is 25.4 Å². The summed E-state index contributed by atoms with van der Waals surface area (Å²) in [6.07, 6.45) is -2.28. The predicted molar refractivity (Wildman–Crippen MR) is 98.0 cm³/mol. The van der Waals surface area contributed by atoms with E-state index in [0.717, 1.165) is 25.0 Å². The fourth-order valence-corrected chi connectivity index (χ4v) is 4.85. The van der Waals surface area contributed by atoms with Crippen LogP contribution in [0.2, 0.25) is 0 Å². The van der Waals surface area contributed by atoms with Crippen LogP contribution in [0, 0.1) is 5.92 Å². The number of hydrogen-bond acceptors (Lipinski definition) is 3. The molecule has 1 atom stereocenters. The summed E-state index contributed by atoms with van der Waals surface area (Å²) in [5.74, 6) is 0.660. The molecule has 2 aliphatic rings. The highest BCUT2D eigenvalue weighted by Gasteiger charge is 2.37. The van der Waals surface area contributed by atoms with Crippen LogP contribution in [0.3, 0.4) is 0 Å². The molecule has 2 saturated heterocycles. The SMILES string of the molecule is CCC(=O)N1CCC(CN2C(=O)CS[C@H]2c2cccc(C(F)(F)F)c2)CC1. The van der Waals surface area contributed by atoms with Gasteiger partial charge in [0.05, 0.1) is 11.3 Å². The Morgan fingerprint density at radius 3 is 2.59 bits per heavy atom. The predicted octanol–water partition coefficient (Wildman–Crippen LogP) is 3.93. The maximum absolute atomic E-state index is 13.0. The third-order valence-electron chi connectivity index (χ3n) is 5.19. The molecular formula is C19H23F3N2O2S. The molecule has 2 fully saturated rings. The van der Waals surface area contributed by atoms with E-state index in [1.54, 1.807) is 11.0 Å². The minimum atomic E-state index is -4.40. The van der Waals surface area contributed by atoms with E-state index in [1.165, 1.54) is 17.8 Å². The lowest BCUT2D eigenvalue weighted by atomic mass is 9.95. The number of thioether (sulfide) groups is 1. The summed E-state index contributed by atoms with van der Waals surface area (Å²) in [6.45, 7) is 3.73. The Balaban J connectivity index is 1.68. The van der Waals surface area contributed by atoms with Crippen molar-refractivity contribution in [1.29, 1.82) is 0 Å². The first-order valence-electron chi connectivity index (χ1n) is 9.15. The van der Waals surface area contributed by atoms with Crippen LogP contribution in [0.15, 0.2) is 24.3 Å². The van der Waals surface area contributed by atoms with Gasteiger partial charge in [0.25, 0.3) is 0 Å². The van der Waals surface area contributed by atoms with Gasteiger partial charge in [-0.3, -0.25) is 9.59 Å². The van der Waals surface area contributed by atoms with Gasteiger partial charge in [-0.1, -0.05) is 19.1 Å². The van der Waals surface area contributed by atoms with Crippen LogP contribution in [0.25, 0.3) is 0 Å². The Hall–Kier alpha value is -1.70. The van der Waals surface area contributed by atoms with Gasteiger partial charge in [-0.15, -0.1) is 11.8 Å². The number of amides is 2. The van der Waals surface area contributed by atoms with Gasteiger partial charge in [-0.2, -0.15) is 13.2 Å². The van der Waals surface area contributed by atoms with Gasteiger partial charge in [-0.05, 0) is 36.5 Å². The summed E-state index contributed by atoms with van der Waals surface area (Å²) in [4.78, 5) is 27.7. The molecule has 0 saturated carbocycles. The van der Waals surface area contributed by atoms with Crippen LogP contribution >= 0.6 is 11.8 Å². The zero-order valence-corrected chi connectivity index (χ0v) is 16.0. The van der Waals surface area contributed by atoms with Crippen LogP contribution < -0.4 is 0 Å². The van der Waals surface area contributed by atoms with E-state index >= 15 is 0 Å². The molecule has 148 valence electrons. The van der Waals surface area contributed by atoms with E-state index in [-0.39, 0.29) is 28.9 Å². The van der Waals surface area contributed by atoms with Crippen molar-refractivity contribution in [2.24, 2.45) is 5.92 Å². The molecule has 27 heavy (non-hydrogen) atoms. The molecule has 0 N–H and O–H groups in total. The van der Waals surface area contributed by atoms with E-state index in [1.807, 2.05) is 11.8 Å². The number of likely N-dealkylation sites (tertiary alicyclic amines) is 1. The first-order valence-corrected chi connectivity index (χ1v) is 10.2. The van der Waals surface area contributed by atoms with Crippen molar-refractivity contribution in [2.45, 2.75) is 37.7 Å². The molecule has 8 heteroatoms. The number of alkyl halides is 3. The second-order valence-corrected chi connectivity index (χ2v) is 8.08. The third-order valence-corrected chi connectivity index (χ3v) is 6.45. The molecule has 2 aliphatic heterocycles. The highest BCUT2D eigenvalue weighted by molar-refractivity contribution is 8.00. The number of piperidine rings is 1. The van der Waals surface area contributed by atoms with E-state index in [4.69, 9.17) is 0 Å². The van der Waals surface area contributed by atoms with Gasteiger partial charge in [0.1, 0.15) is 5.37 Å². The second-order valence-electron chi connectivity index (χ2n) is 7.01. The molecule has 2 amide bonds. The molecule has 4 nitrogen and oxygen atoms in total. The Bertz CT molecular complexity index is 702. The second kappa shape index (κ2) is 8.12. The number of hydrogen-bond donors (Lipinski definition) is 0. The van der Waals surface area contributed by atoms with Crippen molar-refractivity contribution >= 4 is 23.6 Å². The zero-order chi connectivity index (χ0) is 19.6. The lowest BCUT2D eigenvalue weighted by Gasteiger charge is -2.35. The largest absolute Gasteiger partial charge is 0.416 e. The molecule has 3 rings (SSSR count). The van der Waals surface area contributed by atoms with Gasteiger partial charge < -0.3 is 9.80 Å². The van der Waals surface area contributed by atoms with Crippen molar-refractivity contribution < 1.29 is 22.8 Å². The number of nitrogens with zero attached hydrogens (tertiary/aromatic N) is 2. The maximum Gasteiger partial charge on any atom is 0.416 e. The van der Waals surface area contributed by atoms with Crippen LogP contribution in [-0.2, 0) is 15.8 Å². The quantitative estimate of drug-likeness (QED) is 0.769. The van der Waals surface area contributed by atoms with E-state index < -0.39 is 11.7 Å². The molecule has 2 heterocycles. The topological polar surface area (TPSA) is 40.6 Å². The molecule has 0 unspecified atom stereocenters.